The Morgan fingerprint density at radius 3 is 2.53 bits per heavy atom. The third-order valence-corrected chi connectivity index (χ3v) is 3.18. The van der Waals surface area contributed by atoms with Crippen LogP contribution in [0.4, 0.5) is 0 Å². The monoisotopic (exact) mass is 341 g/mol. The summed E-state index contributed by atoms with van der Waals surface area (Å²) in [7, 11) is 0. The molecule has 1 aromatic carbocycles. The SMILES string of the molecule is O=C(O)c1ccc(=O)n(-c2ccccc2I)c1. The van der Waals surface area contributed by atoms with Crippen molar-refractivity contribution in [3.05, 3.63) is 62.1 Å². The third kappa shape index (κ3) is 2.38. The topological polar surface area (TPSA) is 59.3 Å². The Bertz CT molecular complexity index is 634. The lowest BCUT2D eigenvalue weighted by atomic mass is 10.2. The van der Waals surface area contributed by atoms with Crippen LogP contribution in [0.25, 0.3) is 5.69 Å². The van der Waals surface area contributed by atoms with Crippen LogP contribution in [0, 0.1) is 3.57 Å². The van der Waals surface area contributed by atoms with Crippen LogP contribution >= 0.6 is 22.6 Å². The van der Waals surface area contributed by atoms with Crippen molar-refractivity contribution in [2.75, 3.05) is 0 Å². The van der Waals surface area contributed by atoms with Gasteiger partial charge >= 0.3 is 5.97 Å². The maximum atomic E-state index is 11.7. The summed E-state index contributed by atoms with van der Waals surface area (Å²) in [6.07, 6.45) is 1.34. The van der Waals surface area contributed by atoms with Gasteiger partial charge in [0.25, 0.3) is 5.56 Å². The third-order valence-electron chi connectivity index (χ3n) is 2.27. The van der Waals surface area contributed by atoms with E-state index in [2.05, 4.69) is 22.6 Å². The summed E-state index contributed by atoms with van der Waals surface area (Å²) < 4.78 is 2.22. The van der Waals surface area contributed by atoms with Crippen molar-refractivity contribution in [1.29, 1.82) is 0 Å². The van der Waals surface area contributed by atoms with Gasteiger partial charge in [0.05, 0.1) is 11.3 Å². The average molecular weight is 341 g/mol. The molecule has 0 aliphatic rings. The van der Waals surface area contributed by atoms with E-state index in [0.29, 0.717) is 5.69 Å². The fourth-order valence-corrected chi connectivity index (χ4v) is 2.10. The summed E-state index contributed by atoms with van der Waals surface area (Å²) in [4.78, 5) is 22.6. The molecule has 2 rings (SSSR count). The van der Waals surface area contributed by atoms with Crippen LogP contribution in [0.2, 0.25) is 0 Å². The largest absolute Gasteiger partial charge is 0.478 e. The molecule has 0 aliphatic heterocycles. The number of aromatic nitrogens is 1. The lowest BCUT2D eigenvalue weighted by molar-refractivity contribution is 0.0696. The van der Waals surface area contributed by atoms with Gasteiger partial charge < -0.3 is 5.11 Å². The van der Waals surface area contributed by atoms with Crippen LogP contribution in [0.5, 0.6) is 0 Å². The summed E-state index contributed by atoms with van der Waals surface area (Å²) in [5.74, 6) is -1.05. The Morgan fingerprint density at radius 2 is 1.88 bits per heavy atom. The van der Waals surface area contributed by atoms with Crippen molar-refractivity contribution in [3.63, 3.8) is 0 Å². The van der Waals surface area contributed by atoms with Crippen LogP contribution in [0.3, 0.4) is 0 Å². The van der Waals surface area contributed by atoms with Crippen molar-refractivity contribution < 1.29 is 9.90 Å². The predicted octanol–water partition coefficient (Wildman–Crippen LogP) is 2.14. The number of hydrogen-bond donors (Lipinski definition) is 1. The molecule has 0 radical (unpaired) electrons. The molecule has 86 valence electrons. The van der Waals surface area contributed by atoms with Gasteiger partial charge in [-0.3, -0.25) is 9.36 Å². The van der Waals surface area contributed by atoms with E-state index in [1.54, 1.807) is 12.1 Å². The number of aromatic carboxylic acids is 1. The first-order valence-electron chi connectivity index (χ1n) is 4.80. The van der Waals surface area contributed by atoms with Crippen molar-refractivity contribution in [1.82, 2.24) is 4.57 Å². The number of nitrogens with zero attached hydrogens (tertiary/aromatic N) is 1. The maximum absolute atomic E-state index is 11.7. The number of carboxylic acid groups (broad SMARTS) is 1. The molecule has 0 saturated carbocycles. The minimum absolute atomic E-state index is 0.0873. The van der Waals surface area contributed by atoms with Gasteiger partial charge in [0.2, 0.25) is 0 Å². The Hall–Kier alpha value is -1.63. The van der Waals surface area contributed by atoms with Crippen LogP contribution in [-0.2, 0) is 0 Å². The van der Waals surface area contributed by atoms with Crippen LogP contribution in [0.15, 0.2) is 47.4 Å². The van der Waals surface area contributed by atoms with E-state index in [-0.39, 0.29) is 11.1 Å². The number of pyridine rings is 1. The second-order valence-electron chi connectivity index (χ2n) is 3.38. The molecule has 0 bridgehead atoms. The Morgan fingerprint density at radius 1 is 1.18 bits per heavy atom. The molecule has 4 nitrogen and oxygen atoms in total. The molecule has 1 heterocycles. The molecule has 0 atom stereocenters. The second-order valence-corrected chi connectivity index (χ2v) is 4.54. The first-order valence-corrected chi connectivity index (χ1v) is 5.88. The zero-order valence-corrected chi connectivity index (χ0v) is 10.8. The van der Waals surface area contributed by atoms with Gasteiger partial charge in [-0.05, 0) is 40.8 Å². The fourth-order valence-electron chi connectivity index (χ4n) is 1.45. The molecule has 0 amide bonds. The molecule has 5 heteroatoms. The first-order chi connectivity index (χ1) is 8.09. The highest BCUT2D eigenvalue weighted by molar-refractivity contribution is 14.1. The minimum atomic E-state index is -1.05. The molecule has 1 aromatic heterocycles. The highest BCUT2D eigenvalue weighted by Crippen LogP contribution is 2.15. The number of para-hydroxylation sites is 1. The van der Waals surface area contributed by atoms with Gasteiger partial charge in [0.1, 0.15) is 0 Å². The number of carbonyl (C=O) groups is 1. The Balaban J connectivity index is 2.67. The van der Waals surface area contributed by atoms with Crippen molar-refractivity contribution >= 4 is 28.6 Å². The molecule has 2 aromatic rings. The van der Waals surface area contributed by atoms with Gasteiger partial charge in [0.15, 0.2) is 0 Å². The number of hydrogen-bond acceptors (Lipinski definition) is 2. The van der Waals surface area contributed by atoms with Gasteiger partial charge in [0, 0.05) is 15.8 Å². The normalized spacial score (nSPS) is 10.2. The van der Waals surface area contributed by atoms with Gasteiger partial charge in [-0.15, -0.1) is 0 Å². The summed E-state index contributed by atoms with van der Waals surface area (Å²) in [6.45, 7) is 0. The lowest BCUT2D eigenvalue weighted by Gasteiger charge is -2.08. The Labute approximate surface area is 111 Å². The second kappa shape index (κ2) is 4.70. The molecule has 0 aliphatic carbocycles. The summed E-state index contributed by atoms with van der Waals surface area (Å²) >= 11 is 2.10. The molecular formula is C12H8INO3. The molecule has 0 saturated heterocycles. The maximum Gasteiger partial charge on any atom is 0.337 e. The number of carboxylic acids is 1. The van der Waals surface area contributed by atoms with Gasteiger partial charge in [-0.2, -0.15) is 0 Å². The highest BCUT2D eigenvalue weighted by atomic mass is 127. The van der Waals surface area contributed by atoms with Crippen LogP contribution in [0.1, 0.15) is 10.4 Å². The molecule has 0 fully saturated rings. The van der Waals surface area contributed by atoms with Gasteiger partial charge in [-0.25, -0.2) is 4.79 Å². The zero-order valence-electron chi connectivity index (χ0n) is 8.63. The molecule has 0 spiro atoms. The van der Waals surface area contributed by atoms with E-state index < -0.39 is 5.97 Å². The van der Waals surface area contributed by atoms with Crippen molar-refractivity contribution in [2.45, 2.75) is 0 Å². The van der Waals surface area contributed by atoms with E-state index in [1.807, 2.05) is 12.1 Å². The quantitative estimate of drug-likeness (QED) is 0.852. The number of halogens is 1. The van der Waals surface area contributed by atoms with Crippen LogP contribution in [-0.4, -0.2) is 15.6 Å². The van der Waals surface area contributed by atoms with E-state index >= 15 is 0 Å². The van der Waals surface area contributed by atoms with Gasteiger partial charge in [-0.1, -0.05) is 12.1 Å². The first kappa shape index (κ1) is 11.8. The fraction of sp³-hybridized carbons (Fsp3) is 0. The van der Waals surface area contributed by atoms with E-state index in [9.17, 15) is 9.59 Å². The number of benzene rings is 1. The van der Waals surface area contributed by atoms with E-state index in [0.717, 1.165) is 3.57 Å². The smallest absolute Gasteiger partial charge is 0.337 e. The predicted molar refractivity (Wildman–Crippen MR) is 71.7 cm³/mol. The zero-order chi connectivity index (χ0) is 12.4. The summed E-state index contributed by atoms with van der Waals surface area (Å²) in [5.41, 5.74) is 0.518. The van der Waals surface area contributed by atoms with Crippen molar-refractivity contribution in [2.24, 2.45) is 0 Å². The summed E-state index contributed by atoms with van der Waals surface area (Å²) in [6, 6.07) is 9.85. The Kier molecular flexibility index (Phi) is 3.28. The lowest BCUT2D eigenvalue weighted by Crippen LogP contribution is -2.19. The molecule has 1 N–H and O–H groups in total. The summed E-state index contributed by atoms with van der Waals surface area (Å²) in [5, 5.41) is 8.90. The standard InChI is InChI=1S/C12H8INO3/c13-9-3-1-2-4-10(9)14-7-8(12(16)17)5-6-11(14)15/h1-7H,(H,16,17). The van der Waals surface area contributed by atoms with E-state index in [4.69, 9.17) is 5.11 Å². The number of rotatable bonds is 2. The molecule has 17 heavy (non-hydrogen) atoms. The van der Waals surface area contributed by atoms with Crippen molar-refractivity contribution in [3.8, 4) is 5.69 Å². The molecule has 0 unspecified atom stereocenters. The van der Waals surface area contributed by atoms with E-state index in [1.165, 1.54) is 22.9 Å². The molecular weight excluding hydrogens is 333 g/mol. The average Bonchev–Trinajstić information content (AvgIpc) is 2.30. The minimum Gasteiger partial charge on any atom is -0.478 e. The van der Waals surface area contributed by atoms with Crippen LogP contribution < -0.4 is 5.56 Å². The highest BCUT2D eigenvalue weighted by Gasteiger charge is 2.08.